The van der Waals surface area contributed by atoms with E-state index in [1.807, 2.05) is 42.5 Å². The van der Waals surface area contributed by atoms with Crippen LogP contribution in [-0.2, 0) is 11.8 Å². The third kappa shape index (κ3) is 2.48. The van der Waals surface area contributed by atoms with Gasteiger partial charge < -0.3 is 4.74 Å². The van der Waals surface area contributed by atoms with Crippen molar-refractivity contribution in [3.63, 3.8) is 0 Å². The van der Waals surface area contributed by atoms with Gasteiger partial charge in [0.2, 0.25) is 0 Å². The molecule has 0 spiro atoms. The Kier molecular flexibility index (Phi) is 3.70. The largest absolute Gasteiger partial charge is 0.464 e. The van der Waals surface area contributed by atoms with Crippen molar-refractivity contribution in [3.05, 3.63) is 60.3 Å². The first-order valence-corrected chi connectivity index (χ1v) is 6.84. The lowest BCUT2D eigenvalue weighted by Crippen LogP contribution is -2.04. The quantitative estimate of drug-likeness (QED) is 0.697. The monoisotopic (exact) mass is 293 g/mol. The summed E-state index contributed by atoms with van der Waals surface area (Å²) in [7, 11) is 3.08. The molecule has 0 fully saturated rings. The number of carbonyl (C=O) groups excluding carboxylic acids is 1. The molecule has 3 aromatic rings. The van der Waals surface area contributed by atoms with Gasteiger partial charge in [0.25, 0.3) is 0 Å². The van der Waals surface area contributed by atoms with Gasteiger partial charge in [0.15, 0.2) is 5.69 Å². The topological polar surface area (TPSA) is 57.0 Å². The number of aryl methyl sites for hydroxylation is 1. The Morgan fingerprint density at radius 3 is 2.18 bits per heavy atom. The Hall–Kier alpha value is -2.95. The number of rotatable bonds is 3. The van der Waals surface area contributed by atoms with Gasteiger partial charge in [0.1, 0.15) is 5.69 Å². The molecular formula is C17H15N3O2. The maximum atomic E-state index is 11.8. The predicted molar refractivity (Wildman–Crippen MR) is 83.2 cm³/mol. The molecule has 0 saturated heterocycles. The Labute approximate surface area is 128 Å². The van der Waals surface area contributed by atoms with Crippen LogP contribution in [0.5, 0.6) is 0 Å². The van der Waals surface area contributed by atoms with Gasteiger partial charge in [0, 0.05) is 12.6 Å². The van der Waals surface area contributed by atoms with E-state index in [9.17, 15) is 4.79 Å². The molecule has 0 radical (unpaired) electrons. The maximum absolute atomic E-state index is 11.8. The number of carbonyl (C=O) groups is 1. The molecule has 1 aromatic heterocycles. The number of esters is 1. The molecule has 0 N–H and O–H groups in total. The van der Waals surface area contributed by atoms with E-state index < -0.39 is 5.97 Å². The summed E-state index contributed by atoms with van der Waals surface area (Å²) in [5.41, 5.74) is 3.99. The van der Waals surface area contributed by atoms with Crippen LogP contribution in [0.4, 0.5) is 0 Å². The number of ether oxygens (including phenoxy) is 1. The summed E-state index contributed by atoms with van der Waals surface area (Å²) in [6.45, 7) is 0. The average Bonchev–Trinajstić information content (AvgIpc) is 2.97. The molecular weight excluding hydrogens is 278 g/mol. The van der Waals surface area contributed by atoms with Crippen LogP contribution in [0.15, 0.2) is 54.6 Å². The van der Waals surface area contributed by atoms with Crippen molar-refractivity contribution in [2.45, 2.75) is 0 Å². The van der Waals surface area contributed by atoms with E-state index in [4.69, 9.17) is 4.74 Å². The number of nitrogens with zero attached hydrogens (tertiary/aromatic N) is 3. The third-order valence-electron chi connectivity index (χ3n) is 3.47. The zero-order valence-electron chi connectivity index (χ0n) is 12.4. The first kappa shape index (κ1) is 14.0. The third-order valence-corrected chi connectivity index (χ3v) is 3.47. The zero-order valence-corrected chi connectivity index (χ0v) is 12.4. The van der Waals surface area contributed by atoms with Gasteiger partial charge in [0.05, 0.1) is 7.11 Å². The first-order valence-electron chi connectivity index (χ1n) is 6.84. The molecule has 0 unspecified atom stereocenters. The van der Waals surface area contributed by atoms with Gasteiger partial charge in [-0.1, -0.05) is 59.8 Å². The lowest BCUT2D eigenvalue weighted by atomic mass is 10.0. The summed E-state index contributed by atoms with van der Waals surface area (Å²) in [4.78, 5) is 11.8. The van der Waals surface area contributed by atoms with E-state index in [1.54, 1.807) is 11.7 Å². The number of methoxy groups -OCH3 is 1. The van der Waals surface area contributed by atoms with Crippen molar-refractivity contribution in [2.75, 3.05) is 7.11 Å². The molecule has 22 heavy (non-hydrogen) atoms. The van der Waals surface area contributed by atoms with Gasteiger partial charge in [-0.15, -0.1) is 5.10 Å². The molecule has 0 atom stereocenters. The van der Waals surface area contributed by atoms with E-state index in [0.29, 0.717) is 5.69 Å². The summed E-state index contributed by atoms with van der Waals surface area (Å²) < 4.78 is 6.32. The summed E-state index contributed by atoms with van der Waals surface area (Å²) >= 11 is 0. The van der Waals surface area contributed by atoms with Crippen LogP contribution < -0.4 is 0 Å². The number of benzene rings is 2. The number of aromatic nitrogens is 3. The van der Waals surface area contributed by atoms with E-state index in [2.05, 4.69) is 22.4 Å². The van der Waals surface area contributed by atoms with Gasteiger partial charge >= 0.3 is 5.97 Å². The van der Waals surface area contributed by atoms with Gasteiger partial charge in [-0.3, -0.25) is 0 Å². The minimum absolute atomic E-state index is 0.220. The fraction of sp³-hybridized carbons (Fsp3) is 0.118. The predicted octanol–water partition coefficient (Wildman–Crippen LogP) is 2.94. The summed E-state index contributed by atoms with van der Waals surface area (Å²) in [5, 5.41) is 7.79. The lowest BCUT2D eigenvalue weighted by molar-refractivity contribution is 0.0595. The highest BCUT2D eigenvalue weighted by Gasteiger charge is 2.20. The van der Waals surface area contributed by atoms with E-state index in [0.717, 1.165) is 16.7 Å². The minimum Gasteiger partial charge on any atom is -0.464 e. The Balaban J connectivity index is 2.01. The second-order valence-electron chi connectivity index (χ2n) is 4.85. The Morgan fingerprint density at radius 1 is 0.955 bits per heavy atom. The van der Waals surface area contributed by atoms with Crippen LogP contribution in [0.2, 0.25) is 0 Å². The number of hydrogen-bond acceptors (Lipinski definition) is 4. The SMILES string of the molecule is COC(=O)c1nnn(C)c1-c1ccc(-c2ccccc2)cc1. The van der Waals surface area contributed by atoms with Crippen molar-refractivity contribution in [1.82, 2.24) is 15.0 Å². The molecule has 0 saturated carbocycles. The van der Waals surface area contributed by atoms with Crippen molar-refractivity contribution >= 4 is 5.97 Å². The van der Waals surface area contributed by atoms with Crippen molar-refractivity contribution in [2.24, 2.45) is 7.05 Å². The van der Waals surface area contributed by atoms with Crippen LogP contribution in [-0.4, -0.2) is 28.1 Å². The van der Waals surface area contributed by atoms with Crippen molar-refractivity contribution in [1.29, 1.82) is 0 Å². The zero-order chi connectivity index (χ0) is 15.5. The van der Waals surface area contributed by atoms with Gasteiger partial charge in [-0.05, 0) is 11.1 Å². The molecule has 0 aliphatic heterocycles. The van der Waals surface area contributed by atoms with Gasteiger partial charge in [-0.2, -0.15) is 0 Å². The molecule has 0 bridgehead atoms. The normalized spacial score (nSPS) is 10.5. The molecule has 5 heteroatoms. The Morgan fingerprint density at radius 2 is 1.55 bits per heavy atom. The highest BCUT2D eigenvalue weighted by Crippen LogP contribution is 2.26. The second-order valence-corrected chi connectivity index (χ2v) is 4.85. The lowest BCUT2D eigenvalue weighted by Gasteiger charge is -2.06. The molecule has 110 valence electrons. The van der Waals surface area contributed by atoms with E-state index in [-0.39, 0.29) is 5.69 Å². The van der Waals surface area contributed by atoms with Crippen LogP contribution in [0.25, 0.3) is 22.4 Å². The van der Waals surface area contributed by atoms with Crippen LogP contribution in [0.1, 0.15) is 10.5 Å². The molecule has 0 aliphatic rings. The van der Waals surface area contributed by atoms with Crippen LogP contribution in [0.3, 0.4) is 0 Å². The summed E-state index contributed by atoms with van der Waals surface area (Å²) in [5.74, 6) is -0.491. The molecule has 5 nitrogen and oxygen atoms in total. The molecule has 3 rings (SSSR count). The standard InChI is InChI=1S/C17H15N3O2/c1-20-16(15(18-19-20)17(21)22-2)14-10-8-13(9-11-14)12-6-4-3-5-7-12/h3-11H,1-2H3. The van der Waals surface area contributed by atoms with E-state index in [1.165, 1.54) is 7.11 Å². The highest BCUT2D eigenvalue weighted by atomic mass is 16.5. The first-order chi connectivity index (χ1) is 10.7. The van der Waals surface area contributed by atoms with E-state index >= 15 is 0 Å². The average molecular weight is 293 g/mol. The fourth-order valence-electron chi connectivity index (χ4n) is 2.37. The molecule has 1 heterocycles. The molecule has 0 aliphatic carbocycles. The number of hydrogen-bond donors (Lipinski definition) is 0. The van der Waals surface area contributed by atoms with Crippen molar-refractivity contribution in [3.8, 4) is 22.4 Å². The van der Waals surface area contributed by atoms with Crippen molar-refractivity contribution < 1.29 is 9.53 Å². The highest BCUT2D eigenvalue weighted by molar-refractivity contribution is 5.94. The smallest absolute Gasteiger partial charge is 0.360 e. The van der Waals surface area contributed by atoms with Crippen LogP contribution >= 0.6 is 0 Å². The summed E-state index contributed by atoms with van der Waals surface area (Å²) in [6, 6.07) is 18.0. The van der Waals surface area contributed by atoms with Gasteiger partial charge in [-0.25, -0.2) is 9.48 Å². The Bertz CT molecular complexity index is 793. The minimum atomic E-state index is -0.491. The fourth-order valence-corrected chi connectivity index (χ4v) is 2.37. The second kappa shape index (κ2) is 5.81. The summed E-state index contributed by atoms with van der Waals surface area (Å²) in [6.07, 6.45) is 0. The van der Waals surface area contributed by atoms with Crippen LogP contribution in [0, 0.1) is 0 Å². The maximum Gasteiger partial charge on any atom is 0.360 e. The molecule has 0 amide bonds. The molecule has 2 aromatic carbocycles.